The van der Waals surface area contributed by atoms with E-state index in [9.17, 15) is 20.1 Å². The first kappa shape index (κ1) is 20.6. The number of amides is 1. The molecule has 146 valence electrons. The Hall–Kier alpha value is -2.69. The maximum Gasteiger partial charge on any atom is 0.223 e. The standard InChI is InChI=1S/C22H29NO4/c1-2-3-4-5-14-23(16-18-6-10-19(24)11-7-18)22(27)13-9-17-8-12-20(25)21(26)15-17/h6-8,10-12,15,24-26H,2-5,9,13-14,16H2,1H3. The Labute approximate surface area is 160 Å². The average Bonchev–Trinajstić information content (AvgIpc) is 2.66. The largest absolute Gasteiger partial charge is 0.508 e. The smallest absolute Gasteiger partial charge is 0.223 e. The van der Waals surface area contributed by atoms with E-state index in [4.69, 9.17) is 0 Å². The van der Waals surface area contributed by atoms with Gasteiger partial charge in [0, 0.05) is 19.5 Å². The first-order valence-electron chi connectivity index (χ1n) is 9.56. The van der Waals surface area contributed by atoms with Gasteiger partial charge < -0.3 is 20.2 Å². The number of aryl methyl sites for hydroxylation is 1. The maximum atomic E-state index is 12.8. The molecule has 0 heterocycles. The van der Waals surface area contributed by atoms with Crippen LogP contribution < -0.4 is 0 Å². The predicted molar refractivity (Wildman–Crippen MR) is 106 cm³/mol. The van der Waals surface area contributed by atoms with E-state index in [0.717, 1.165) is 36.8 Å². The summed E-state index contributed by atoms with van der Waals surface area (Å²) in [6, 6.07) is 11.6. The molecule has 2 aromatic carbocycles. The summed E-state index contributed by atoms with van der Waals surface area (Å²) in [5, 5.41) is 28.4. The van der Waals surface area contributed by atoms with Crippen molar-refractivity contribution < 1.29 is 20.1 Å². The molecule has 0 aliphatic carbocycles. The zero-order valence-electron chi connectivity index (χ0n) is 15.9. The van der Waals surface area contributed by atoms with E-state index in [2.05, 4.69) is 6.92 Å². The fraction of sp³-hybridized carbons (Fsp3) is 0.409. The van der Waals surface area contributed by atoms with Crippen LogP contribution in [0.4, 0.5) is 0 Å². The molecular weight excluding hydrogens is 342 g/mol. The molecule has 0 spiro atoms. The second kappa shape index (κ2) is 10.5. The third-order valence-corrected chi connectivity index (χ3v) is 4.61. The molecule has 0 fully saturated rings. The van der Waals surface area contributed by atoms with Gasteiger partial charge in [-0.3, -0.25) is 4.79 Å². The molecular formula is C22H29NO4. The number of aromatic hydroxyl groups is 3. The minimum absolute atomic E-state index is 0.0622. The molecule has 27 heavy (non-hydrogen) atoms. The molecule has 0 saturated carbocycles. The fourth-order valence-corrected chi connectivity index (χ4v) is 2.98. The van der Waals surface area contributed by atoms with Crippen molar-refractivity contribution >= 4 is 5.91 Å². The normalized spacial score (nSPS) is 10.7. The van der Waals surface area contributed by atoms with E-state index in [1.165, 1.54) is 12.1 Å². The summed E-state index contributed by atoms with van der Waals surface area (Å²) >= 11 is 0. The molecule has 0 radical (unpaired) electrons. The lowest BCUT2D eigenvalue weighted by molar-refractivity contribution is -0.131. The highest BCUT2D eigenvalue weighted by Crippen LogP contribution is 2.25. The zero-order chi connectivity index (χ0) is 19.6. The van der Waals surface area contributed by atoms with Crippen LogP contribution in [0, 0.1) is 0 Å². The summed E-state index contributed by atoms with van der Waals surface area (Å²) < 4.78 is 0. The molecule has 0 aliphatic rings. The number of nitrogens with zero attached hydrogens (tertiary/aromatic N) is 1. The van der Waals surface area contributed by atoms with Crippen LogP contribution in [0.3, 0.4) is 0 Å². The quantitative estimate of drug-likeness (QED) is 0.428. The molecule has 0 bridgehead atoms. The van der Waals surface area contributed by atoms with Crippen molar-refractivity contribution in [2.24, 2.45) is 0 Å². The van der Waals surface area contributed by atoms with Crippen LogP contribution in [-0.2, 0) is 17.8 Å². The van der Waals surface area contributed by atoms with Gasteiger partial charge in [-0.05, 0) is 48.2 Å². The van der Waals surface area contributed by atoms with Gasteiger partial charge in [-0.1, -0.05) is 44.4 Å². The van der Waals surface area contributed by atoms with E-state index >= 15 is 0 Å². The Morgan fingerprint density at radius 2 is 1.59 bits per heavy atom. The number of phenolic OH excluding ortho intramolecular Hbond substituents is 3. The van der Waals surface area contributed by atoms with Gasteiger partial charge in [0.2, 0.25) is 5.91 Å². The van der Waals surface area contributed by atoms with Crippen LogP contribution in [0.15, 0.2) is 42.5 Å². The minimum atomic E-state index is -0.166. The lowest BCUT2D eigenvalue weighted by atomic mass is 10.1. The Balaban J connectivity index is 1.97. The highest BCUT2D eigenvalue weighted by molar-refractivity contribution is 5.76. The van der Waals surface area contributed by atoms with Gasteiger partial charge in [0.05, 0.1) is 0 Å². The first-order chi connectivity index (χ1) is 13.0. The summed E-state index contributed by atoms with van der Waals surface area (Å²) in [6.07, 6.45) is 5.23. The number of benzene rings is 2. The number of unbranched alkanes of at least 4 members (excludes halogenated alkanes) is 3. The summed E-state index contributed by atoms with van der Waals surface area (Å²) in [5.74, 6) is -0.0470. The molecule has 0 aliphatic heterocycles. The summed E-state index contributed by atoms with van der Waals surface area (Å²) in [4.78, 5) is 14.6. The van der Waals surface area contributed by atoms with Crippen LogP contribution in [0.25, 0.3) is 0 Å². The molecule has 0 aromatic heterocycles. The molecule has 1 amide bonds. The van der Waals surface area contributed by atoms with Crippen LogP contribution >= 0.6 is 0 Å². The molecule has 0 atom stereocenters. The summed E-state index contributed by atoms with van der Waals surface area (Å²) in [7, 11) is 0. The van der Waals surface area contributed by atoms with Gasteiger partial charge >= 0.3 is 0 Å². The number of phenols is 3. The van der Waals surface area contributed by atoms with Crippen molar-refractivity contribution in [3.8, 4) is 17.2 Å². The lowest BCUT2D eigenvalue weighted by Crippen LogP contribution is -2.31. The zero-order valence-corrected chi connectivity index (χ0v) is 15.9. The van der Waals surface area contributed by atoms with Crippen molar-refractivity contribution in [3.05, 3.63) is 53.6 Å². The van der Waals surface area contributed by atoms with Crippen molar-refractivity contribution in [1.29, 1.82) is 0 Å². The Bertz CT molecular complexity index is 728. The molecule has 3 N–H and O–H groups in total. The van der Waals surface area contributed by atoms with Crippen LogP contribution in [-0.4, -0.2) is 32.7 Å². The van der Waals surface area contributed by atoms with Crippen molar-refractivity contribution in [2.75, 3.05) is 6.54 Å². The molecule has 5 nitrogen and oxygen atoms in total. The van der Waals surface area contributed by atoms with Crippen molar-refractivity contribution in [1.82, 2.24) is 4.90 Å². The van der Waals surface area contributed by atoms with Crippen LogP contribution in [0.5, 0.6) is 17.2 Å². The fourth-order valence-electron chi connectivity index (χ4n) is 2.98. The van der Waals surface area contributed by atoms with E-state index in [1.807, 2.05) is 17.0 Å². The Morgan fingerprint density at radius 3 is 2.26 bits per heavy atom. The topological polar surface area (TPSA) is 81.0 Å². The Kier molecular flexibility index (Phi) is 7.99. The number of rotatable bonds is 10. The molecule has 0 saturated heterocycles. The van der Waals surface area contributed by atoms with Crippen molar-refractivity contribution in [2.45, 2.75) is 52.0 Å². The number of carbonyl (C=O) groups excluding carboxylic acids is 1. The van der Waals surface area contributed by atoms with E-state index in [0.29, 0.717) is 25.9 Å². The molecule has 5 heteroatoms. The molecule has 2 aromatic rings. The highest BCUT2D eigenvalue weighted by atomic mass is 16.3. The third-order valence-electron chi connectivity index (χ3n) is 4.61. The lowest BCUT2D eigenvalue weighted by Gasteiger charge is -2.23. The number of hydrogen-bond donors (Lipinski definition) is 3. The minimum Gasteiger partial charge on any atom is -0.508 e. The van der Waals surface area contributed by atoms with Crippen LogP contribution in [0.1, 0.15) is 50.2 Å². The second-order valence-corrected chi connectivity index (χ2v) is 6.87. The van der Waals surface area contributed by atoms with Gasteiger partial charge in [0.15, 0.2) is 11.5 Å². The van der Waals surface area contributed by atoms with Gasteiger partial charge in [-0.15, -0.1) is 0 Å². The van der Waals surface area contributed by atoms with Crippen molar-refractivity contribution in [3.63, 3.8) is 0 Å². The molecule has 0 unspecified atom stereocenters. The third kappa shape index (κ3) is 6.85. The second-order valence-electron chi connectivity index (χ2n) is 6.87. The molecule has 2 rings (SSSR count). The van der Waals surface area contributed by atoms with Crippen LogP contribution in [0.2, 0.25) is 0 Å². The predicted octanol–water partition coefficient (Wildman–Crippen LogP) is 4.35. The first-order valence-corrected chi connectivity index (χ1v) is 9.56. The van der Waals surface area contributed by atoms with Gasteiger partial charge in [0.25, 0.3) is 0 Å². The number of hydrogen-bond acceptors (Lipinski definition) is 4. The monoisotopic (exact) mass is 371 g/mol. The van der Waals surface area contributed by atoms with E-state index < -0.39 is 0 Å². The average molecular weight is 371 g/mol. The summed E-state index contributed by atoms with van der Waals surface area (Å²) in [5.41, 5.74) is 1.80. The van der Waals surface area contributed by atoms with Gasteiger partial charge in [-0.2, -0.15) is 0 Å². The number of carbonyl (C=O) groups is 1. The maximum absolute atomic E-state index is 12.8. The summed E-state index contributed by atoms with van der Waals surface area (Å²) in [6.45, 7) is 3.39. The Morgan fingerprint density at radius 1 is 0.889 bits per heavy atom. The van der Waals surface area contributed by atoms with Gasteiger partial charge in [0.1, 0.15) is 5.75 Å². The van der Waals surface area contributed by atoms with E-state index in [-0.39, 0.29) is 23.2 Å². The van der Waals surface area contributed by atoms with Gasteiger partial charge in [-0.25, -0.2) is 0 Å². The van der Waals surface area contributed by atoms with E-state index in [1.54, 1.807) is 18.2 Å². The SMILES string of the molecule is CCCCCCN(Cc1ccc(O)cc1)C(=O)CCc1ccc(O)c(O)c1. The highest BCUT2D eigenvalue weighted by Gasteiger charge is 2.14.